The number of ether oxygens (including phenoxy) is 1. The Balaban J connectivity index is 1.61. The minimum atomic E-state index is -0.912. The van der Waals surface area contributed by atoms with Gasteiger partial charge in [0.25, 0.3) is 5.91 Å². The second kappa shape index (κ2) is 10.2. The number of nitrogens with one attached hydrogen (secondary N) is 3. The monoisotopic (exact) mass is 475 g/mol. The normalized spacial score (nSPS) is 11.6. The van der Waals surface area contributed by atoms with Crippen LogP contribution in [0, 0.1) is 0 Å². The lowest BCUT2D eigenvalue weighted by atomic mass is 10.0. The number of rotatable bonds is 7. The predicted octanol–water partition coefficient (Wildman–Crippen LogP) is 4.59. The van der Waals surface area contributed by atoms with E-state index in [1.807, 2.05) is 30.5 Å². The van der Waals surface area contributed by atoms with Gasteiger partial charge in [-0.25, -0.2) is 4.79 Å². The number of H-pyrrole nitrogens is 1. The number of hydrogen-bond acceptors (Lipinski definition) is 4. The number of aromatic amines is 1. The minimum absolute atomic E-state index is 0.239. The number of methoxy groups -OCH3 is 1. The number of para-hydroxylation sites is 1. The van der Waals surface area contributed by atoms with Crippen LogP contribution in [0.2, 0.25) is 5.02 Å². The van der Waals surface area contributed by atoms with Gasteiger partial charge in [-0.15, -0.1) is 0 Å². The number of aromatic nitrogens is 1. The van der Waals surface area contributed by atoms with Crippen molar-refractivity contribution in [2.45, 2.75) is 12.5 Å². The number of hydrogen-bond donors (Lipinski definition) is 3. The highest BCUT2D eigenvalue weighted by Gasteiger charge is 2.24. The summed E-state index contributed by atoms with van der Waals surface area (Å²) in [5.41, 5.74) is 2.78. The Morgan fingerprint density at radius 3 is 2.56 bits per heavy atom. The lowest BCUT2D eigenvalue weighted by Gasteiger charge is -2.19. The van der Waals surface area contributed by atoms with Crippen LogP contribution in [-0.2, 0) is 16.0 Å². The lowest BCUT2D eigenvalue weighted by molar-refractivity contribution is -0.118. The molecule has 0 bridgehead atoms. The first-order valence-electron chi connectivity index (χ1n) is 10.6. The van der Waals surface area contributed by atoms with Crippen LogP contribution >= 0.6 is 11.6 Å². The van der Waals surface area contributed by atoms with Gasteiger partial charge in [0.15, 0.2) is 0 Å². The molecule has 1 aromatic heterocycles. The van der Waals surface area contributed by atoms with Crippen molar-refractivity contribution in [2.75, 3.05) is 12.4 Å². The summed E-state index contributed by atoms with van der Waals surface area (Å²) in [6.07, 6.45) is 2.06. The largest absolute Gasteiger partial charge is 0.465 e. The average Bonchev–Trinajstić information content (AvgIpc) is 3.26. The zero-order chi connectivity index (χ0) is 24.1. The van der Waals surface area contributed by atoms with Crippen LogP contribution in [0.25, 0.3) is 10.9 Å². The van der Waals surface area contributed by atoms with Crippen LogP contribution < -0.4 is 10.6 Å². The van der Waals surface area contributed by atoms with Crippen LogP contribution in [0.3, 0.4) is 0 Å². The fourth-order valence-corrected chi connectivity index (χ4v) is 3.90. The first kappa shape index (κ1) is 23.1. The third kappa shape index (κ3) is 5.10. The Kier molecular flexibility index (Phi) is 6.94. The fraction of sp³-hybridized carbons (Fsp3) is 0.115. The molecule has 2 amide bonds. The van der Waals surface area contributed by atoms with Crippen LogP contribution in [-0.4, -0.2) is 35.9 Å². The number of halogens is 1. The van der Waals surface area contributed by atoms with E-state index in [-0.39, 0.29) is 17.0 Å². The van der Waals surface area contributed by atoms with E-state index in [9.17, 15) is 14.4 Å². The molecule has 0 aliphatic heterocycles. The first-order chi connectivity index (χ1) is 16.5. The molecule has 3 aromatic carbocycles. The van der Waals surface area contributed by atoms with Gasteiger partial charge in [-0.2, -0.15) is 0 Å². The van der Waals surface area contributed by atoms with Crippen molar-refractivity contribution in [1.29, 1.82) is 0 Å². The van der Waals surface area contributed by atoms with Crippen molar-refractivity contribution >= 4 is 46.0 Å². The molecular weight excluding hydrogens is 454 g/mol. The Bertz CT molecular complexity index is 1360. The second-order valence-corrected chi connectivity index (χ2v) is 8.04. The van der Waals surface area contributed by atoms with E-state index in [0.717, 1.165) is 16.5 Å². The first-order valence-corrected chi connectivity index (χ1v) is 10.9. The van der Waals surface area contributed by atoms with Gasteiger partial charge in [0, 0.05) is 29.2 Å². The molecule has 0 aliphatic carbocycles. The van der Waals surface area contributed by atoms with Gasteiger partial charge in [-0.05, 0) is 42.0 Å². The zero-order valence-corrected chi connectivity index (χ0v) is 19.1. The molecule has 4 aromatic rings. The molecule has 7 nitrogen and oxygen atoms in total. The van der Waals surface area contributed by atoms with Crippen molar-refractivity contribution in [3.05, 3.63) is 101 Å². The summed E-state index contributed by atoms with van der Waals surface area (Å²) in [4.78, 5) is 41.3. The summed E-state index contributed by atoms with van der Waals surface area (Å²) < 4.78 is 4.74. The summed E-state index contributed by atoms with van der Waals surface area (Å²) >= 11 is 6.18. The molecule has 4 rings (SSSR count). The predicted molar refractivity (Wildman–Crippen MR) is 131 cm³/mol. The van der Waals surface area contributed by atoms with Crippen LogP contribution in [0.4, 0.5) is 5.69 Å². The third-order valence-electron chi connectivity index (χ3n) is 5.39. The van der Waals surface area contributed by atoms with Crippen molar-refractivity contribution < 1.29 is 19.1 Å². The Morgan fingerprint density at radius 2 is 1.76 bits per heavy atom. The van der Waals surface area contributed by atoms with Gasteiger partial charge in [-0.1, -0.05) is 48.0 Å². The molecule has 34 heavy (non-hydrogen) atoms. The van der Waals surface area contributed by atoms with Crippen molar-refractivity contribution in [2.24, 2.45) is 0 Å². The summed E-state index contributed by atoms with van der Waals surface area (Å²) in [5.74, 6) is -1.42. The number of carbonyl (C=O) groups is 3. The van der Waals surface area contributed by atoms with Crippen molar-refractivity contribution in [3.8, 4) is 0 Å². The highest BCUT2D eigenvalue weighted by atomic mass is 35.5. The van der Waals surface area contributed by atoms with Gasteiger partial charge in [0.1, 0.15) is 6.04 Å². The maximum absolute atomic E-state index is 13.3. The molecule has 0 fully saturated rings. The molecular formula is C26H22ClN3O4. The molecule has 1 unspecified atom stereocenters. The van der Waals surface area contributed by atoms with Gasteiger partial charge >= 0.3 is 5.97 Å². The molecule has 0 saturated heterocycles. The molecule has 172 valence electrons. The Morgan fingerprint density at radius 1 is 1.00 bits per heavy atom. The maximum atomic E-state index is 13.3. The van der Waals surface area contributed by atoms with Gasteiger partial charge in [-0.3, -0.25) is 9.59 Å². The number of amides is 2. The smallest absolute Gasteiger partial charge is 0.337 e. The summed E-state index contributed by atoms with van der Waals surface area (Å²) in [6, 6.07) is 19.8. The molecule has 0 spiro atoms. The van der Waals surface area contributed by atoms with Crippen molar-refractivity contribution in [3.63, 3.8) is 0 Å². The van der Waals surface area contributed by atoms with Crippen LogP contribution in [0.5, 0.6) is 0 Å². The van der Waals surface area contributed by atoms with Crippen LogP contribution in [0.15, 0.2) is 79.0 Å². The van der Waals surface area contributed by atoms with Gasteiger partial charge in [0.2, 0.25) is 5.91 Å². The van der Waals surface area contributed by atoms with Gasteiger partial charge < -0.3 is 20.4 Å². The highest BCUT2D eigenvalue weighted by molar-refractivity contribution is 6.33. The average molecular weight is 476 g/mol. The molecule has 0 radical (unpaired) electrons. The number of fused-ring (bicyclic) bond motifs is 1. The lowest BCUT2D eigenvalue weighted by Crippen LogP contribution is -2.45. The van der Waals surface area contributed by atoms with Gasteiger partial charge in [0.05, 0.1) is 23.3 Å². The van der Waals surface area contributed by atoms with E-state index >= 15 is 0 Å². The number of anilines is 1. The van der Waals surface area contributed by atoms with Crippen molar-refractivity contribution in [1.82, 2.24) is 10.3 Å². The van der Waals surface area contributed by atoms with Crippen LogP contribution in [0.1, 0.15) is 26.3 Å². The Hall–Kier alpha value is -4.10. The molecule has 1 heterocycles. The summed E-state index contributed by atoms with van der Waals surface area (Å²) in [7, 11) is 1.29. The molecule has 0 aliphatic rings. The maximum Gasteiger partial charge on any atom is 0.337 e. The fourth-order valence-electron chi connectivity index (χ4n) is 3.68. The summed E-state index contributed by atoms with van der Waals surface area (Å²) in [6.45, 7) is 0. The molecule has 8 heteroatoms. The SMILES string of the molecule is COC(=O)c1cccc(NC(=O)C(Cc2c[nH]c3ccccc23)NC(=O)c2ccccc2Cl)c1. The number of carbonyl (C=O) groups excluding carboxylic acids is 3. The van der Waals surface area contributed by atoms with E-state index < -0.39 is 23.8 Å². The zero-order valence-electron chi connectivity index (χ0n) is 18.3. The number of benzene rings is 3. The van der Waals surface area contributed by atoms with E-state index in [1.54, 1.807) is 42.5 Å². The summed E-state index contributed by atoms with van der Waals surface area (Å²) in [5, 5.41) is 6.84. The van der Waals surface area contributed by atoms with E-state index in [2.05, 4.69) is 15.6 Å². The molecule has 0 saturated carbocycles. The van der Waals surface area contributed by atoms with E-state index in [0.29, 0.717) is 11.3 Å². The topological polar surface area (TPSA) is 100 Å². The molecule has 1 atom stereocenters. The minimum Gasteiger partial charge on any atom is -0.465 e. The van der Waals surface area contributed by atoms with E-state index in [4.69, 9.17) is 16.3 Å². The highest BCUT2D eigenvalue weighted by Crippen LogP contribution is 2.21. The Labute approximate surface area is 201 Å². The standard InChI is InChI=1S/C26H22ClN3O4/c1-34-26(33)16-7-6-8-18(13-16)29-25(32)23(30-24(31)20-10-2-4-11-21(20)27)14-17-15-28-22-12-5-3-9-19(17)22/h2-13,15,23,28H,14H2,1H3,(H,29,32)(H,30,31). The second-order valence-electron chi connectivity index (χ2n) is 7.63. The molecule has 3 N–H and O–H groups in total. The van der Waals surface area contributed by atoms with E-state index in [1.165, 1.54) is 13.2 Å². The quantitative estimate of drug-likeness (QED) is 0.340. The number of esters is 1. The third-order valence-corrected chi connectivity index (χ3v) is 5.72.